The van der Waals surface area contributed by atoms with Crippen molar-refractivity contribution in [2.45, 2.75) is 84.0 Å². The molecule has 2 heterocycles. The summed E-state index contributed by atoms with van der Waals surface area (Å²) in [5, 5.41) is 4.81. The first-order valence-corrected chi connectivity index (χ1v) is 27.1. The van der Waals surface area contributed by atoms with Gasteiger partial charge in [0.15, 0.2) is 0 Å². The minimum absolute atomic E-state index is 0.178. The van der Waals surface area contributed by atoms with Gasteiger partial charge in [-0.1, -0.05) is 152 Å². The van der Waals surface area contributed by atoms with E-state index in [4.69, 9.17) is 8.83 Å². The number of anilines is 3. The molecular weight excluding hydrogens is 923 g/mol. The van der Waals surface area contributed by atoms with Crippen LogP contribution in [0.3, 0.4) is 0 Å². The number of hydrogen-bond acceptors (Lipinski definition) is 3. The summed E-state index contributed by atoms with van der Waals surface area (Å²) in [6, 6.07) is 68.5. The molecule has 76 heavy (non-hydrogen) atoms. The van der Waals surface area contributed by atoms with Crippen molar-refractivity contribution in [3.8, 4) is 55.6 Å². The summed E-state index contributed by atoms with van der Waals surface area (Å²) in [6.07, 6.45) is 0. The van der Waals surface area contributed by atoms with E-state index in [9.17, 15) is 0 Å². The quantitative estimate of drug-likeness (QED) is 0.176. The van der Waals surface area contributed by atoms with Gasteiger partial charge in [0.2, 0.25) is 0 Å². The Labute approximate surface area is 444 Å². The number of fused-ring (bicyclic) bond motifs is 20. The Bertz CT molecular complexity index is 4340. The van der Waals surface area contributed by atoms with Crippen molar-refractivity contribution in [1.82, 2.24) is 0 Å². The van der Waals surface area contributed by atoms with E-state index in [0.717, 1.165) is 33.7 Å². The molecule has 0 amide bonds. The van der Waals surface area contributed by atoms with Gasteiger partial charge in [0, 0.05) is 60.3 Å². The van der Waals surface area contributed by atoms with Crippen molar-refractivity contribution >= 4 is 60.9 Å². The number of nitrogens with zero attached hydrogens (tertiary/aromatic N) is 1. The van der Waals surface area contributed by atoms with E-state index in [0.29, 0.717) is 0 Å². The Morgan fingerprint density at radius 3 is 1.22 bits per heavy atom. The fraction of sp³-hybridized carbons (Fsp3) is 0.178. The average Bonchev–Trinajstić information content (AvgIpc) is 4.36. The molecule has 0 bridgehead atoms. The highest BCUT2D eigenvalue weighted by atomic mass is 16.3. The van der Waals surface area contributed by atoms with E-state index in [2.05, 4.69) is 249 Å². The maximum Gasteiger partial charge on any atom is 0.136 e. The standard InChI is InChI=1S/C73H57NO2/c1-40-33-42(41-17-11-10-12-18-41)23-30-61(40)74(43-24-26-45-49-36-59-51(38-57(49)72(6,7)55(45)34-43)66-53(70(59,2)3)28-31-64-68(66)47-19-13-15-21-62(47)75-64)44-25-27-46-50-37-60-52(39-58(50)73(8,9)56(46)35-44)67-54(71(60,4)5)29-32-65-69(67)48-20-14-16-22-63(48)76-65/h10-39H,1-9H3. The number of aryl methyl sites for hydroxylation is 1. The largest absolute Gasteiger partial charge is 0.456 e. The highest BCUT2D eigenvalue weighted by molar-refractivity contribution is 6.17. The zero-order chi connectivity index (χ0) is 51.5. The molecule has 0 fully saturated rings. The summed E-state index contributed by atoms with van der Waals surface area (Å²) in [5.74, 6) is 0. The highest BCUT2D eigenvalue weighted by Crippen LogP contribution is 2.61. The van der Waals surface area contributed by atoms with Gasteiger partial charge in [0.25, 0.3) is 0 Å². The first-order valence-electron chi connectivity index (χ1n) is 27.1. The van der Waals surface area contributed by atoms with Crippen LogP contribution in [0.5, 0.6) is 0 Å². The van der Waals surface area contributed by atoms with Gasteiger partial charge in [-0.05, 0) is 198 Å². The third-order valence-corrected chi connectivity index (χ3v) is 19.0. The number of benzene rings is 10. The highest BCUT2D eigenvalue weighted by Gasteiger charge is 2.45. The molecule has 3 heteroatoms. The van der Waals surface area contributed by atoms with Crippen LogP contribution in [0.25, 0.3) is 99.5 Å². The second-order valence-electron chi connectivity index (χ2n) is 24.5. The van der Waals surface area contributed by atoms with E-state index in [1.54, 1.807) is 0 Å². The van der Waals surface area contributed by atoms with E-state index in [-0.39, 0.29) is 21.7 Å². The number of rotatable bonds is 4. The summed E-state index contributed by atoms with van der Waals surface area (Å²) in [5.41, 5.74) is 31.6. The molecule has 10 aromatic carbocycles. The van der Waals surface area contributed by atoms with Crippen LogP contribution >= 0.6 is 0 Å². The lowest BCUT2D eigenvalue weighted by Crippen LogP contribution is -2.19. The van der Waals surface area contributed by atoms with Gasteiger partial charge in [0.1, 0.15) is 22.3 Å². The Hall–Kier alpha value is -8.40. The second kappa shape index (κ2) is 14.5. The molecule has 0 saturated carbocycles. The van der Waals surface area contributed by atoms with Gasteiger partial charge in [-0.25, -0.2) is 0 Å². The Balaban J connectivity index is 0.851. The van der Waals surface area contributed by atoms with Crippen LogP contribution in [0, 0.1) is 6.92 Å². The van der Waals surface area contributed by atoms with Crippen molar-refractivity contribution in [3.63, 3.8) is 0 Å². The molecule has 0 aliphatic heterocycles. The van der Waals surface area contributed by atoms with E-state index < -0.39 is 0 Å². The first-order chi connectivity index (χ1) is 36.6. The minimum Gasteiger partial charge on any atom is -0.456 e. The van der Waals surface area contributed by atoms with E-state index >= 15 is 0 Å². The first kappa shape index (κ1) is 43.9. The fourth-order valence-electron chi connectivity index (χ4n) is 14.9. The normalized spacial score (nSPS) is 16.1. The van der Waals surface area contributed by atoms with Crippen LogP contribution in [0.1, 0.15) is 105 Å². The van der Waals surface area contributed by atoms with Gasteiger partial charge >= 0.3 is 0 Å². The Morgan fingerprint density at radius 2 is 0.737 bits per heavy atom. The Morgan fingerprint density at radius 1 is 0.316 bits per heavy atom. The zero-order valence-electron chi connectivity index (χ0n) is 44.6. The molecule has 0 unspecified atom stereocenters. The molecule has 16 rings (SSSR count). The smallest absolute Gasteiger partial charge is 0.136 e. The number of para-hydroxylation sites is 2. The third-order valence-electron chi connectivity index (χ3n) is 19.0. The van der Waals surface area contributed by atoms with Crippen LogP contribution in [0.2, 0.25) is 0 Å². The third kappa shape index (κ3) is 5.52. The van der Waals surface area contributed by atoms with Crippen molar-refractivity contribution in [1.29, 1.82) is 0 Å². The van der Waals surface area contributed by atoms with Gasteiger partial charge in [-0.3, -0.25) is 0 Å². The maximum atomic E-state index is 6.49. The predicted molar refractivity (Wildman–Crippen MR) is 316 cm³/mol. The van der Waals surface area contributed by atoms with Crippen LogP contribution in [0.15, 0.2) is 191 Å². The topological polar surface area (TPSA) is 29.5 Å². The molecule has 3 nitrogen and oxygen atoms in total. The van der Waals surface area contributed by atoms with Crippen molar-refractivity contribution in [2.75, 3.05) is 4.90 Å². The molecule has 12 aromatic rings. The molecule has 366 valence electrons. The van der Waals surface area contributed by atoms with Gasteiger partial charge < -0.3 is 13.7 Å². The molecule has 4 aliphatic rings. The fourth-order valence-corrected chi connectivity index (χ4v) is 14.9. The number of furan rings is 2. The monoisotopic (exact) mass is 979 g/mol. The lowest BCUT2D eigenvalue weighted by molar-refractivity contribution is 0.650. The Kier molecular flexibility index (Phi) is 8.38. The minimum atomic E-state index is -0.268. The van der Waals surface area contributed by atoms with Crippen LogP contribution in [0.4, 0.5) is 17.1 Å². The average molecular weight is 980 g/mol. The van der Waals surface area contributed by atoms with Crippen LogP contribution < -0.4 is 4.90 Å². The van der Waals surface area contributed by atoms with Gasteiger partial charge in [-0.15, -0.1) is 0 Å². The summed E-state index contributed by atoms with van der Waals surface area (Å²) in [4.78, 5) is 2.53. The SMILES string of the molecule is Cc1cc(-c2ccccc2)ccc1N(c1ccc2c(c1)C(C)(C)c1cc3c(cc1-2)C(C)(C)c1ccc2oc4ccccc4c2c1-3)c1ccc2c(c1)C(C)(C)c1cc3c(cc1-2)C(C)(C)c1ccc2oc4ccccc4c2c1-3. The van der Waals surface area contributed by atoms with Gasteiger partial charge in [-0.2, -0.15) is 0 Å². The number of hydrogen-bond donors (Lipinski definition) is 0. The molecule has 0 radical (unpaired) electrons. The molecule has 0 saturated heterocycles. The summed E-state index contributed by atoms with van der Waals surface area (Å²) in [7, 11) is 0. The van der Waals surface area contributed by atoms with Crippen molar-refractivity contribution in [2.24, 2.45) is 0 Å². The van der Waals surface area contributed by atoms with Crippen LogP contribution in [-0.2, 0) is 21.7 Å². The zero-order valence-corrected chi connectivity index (χ0v) is 44.6. The predicted octanol–water partition coefficient (Wildman–Crippen LogP) is 20.2. The molecular formula is C73H57NO2. The molecule has 0 N–H and O–H groups in total. The summed E-state index contributed by atoms with van der Waals surface area (Å²) in [6.45, 7) is 21.6. The molecule has 4 aliphatic carbocycles. The second-order valence-corrected chi connectivity index (χ2v) is 24.5. The maximum absolute atomic E-state index is 6.49. The lowest BCUT2D eigenvalue weighted by Gasteiger charge is -2.31. The summed E-state index contributed by atoms with van der Waals surface area (Å²) >= 11 is 0. The van der Waals surface area contributed by atoms with Crippen LogP contribution in [-0.4, -0.2) is 0 Å². The molecule has 0 spiro atoms. The van der Waals surface area contributed by atoms with Crippen molar-refractivity contribution in [3.05, 3.63) is 232 Å². The van der Waals surface area contributed by atoms with E-state index in [1.165, 1.54) is 133 Å². The van der Waals surface area contributed by atoms with E-state index in [1.807, 2.05) is 0 Å². The molecule has 0 atom stereocenters. The summed E-state index contributed by atoms with van der Waals surface area (Å²) < 4.78 is 13.0. The van der Waals surface area contributed by atoms with Gasteiger partial charge in [0.05, 0.1) is 0 Å². The van der Waals surface area contributed by atoms with Crippen molar-refractivity contribution < 1.29 is 8.83 Å². The molecule has 2 aromatic heterocycles. The lowest BCUT2D eigenvalue weighted by atomic mass is 9.79.